The molecule has 1 aromatic rings. The van der Waals surface area contributed by atoms with Crippen molar-refractivity contribution in [1.82, 2.24) is 10.6 Å². The Hall–Kier alpha value is -2.08. The summed E-state index contributed by atoms with van der Waals surface area (Å²) >= 11 is 0. The van der Waals surface area contributed by atoms with Crippen molar-refractivity contribution >= 4 is 23.3 Å². The van der Waals surface area contributed by atoms with Crippen LogP contribution in [0, 0.1) is 0 Å². The highest BCUT2D eigenvalue weighted by Crippen LogP contribution is 2.15. The largest absolute Gasteiger partial charge is 0.341 e. The summed E-state index contributed by atoms with van der Waals surface area (Å²) < 4.78 is 0. The Morgan fingerprint density at radius 1 is 1.05 bits per heavy atom. The molecule has 4 N–H and O–H groups in total. The average molecular weight is 278 g/mol. The molecule has 110 valence electrons. The molecule has 6 nitrogen and oxygen atoms in total. The fourth-order valence-corrected chi connectivity index (χ4v) is 1.64. The summed E-state index contributed by atoms with van der Waals surface area (Å²) in [6, 6.07) is 6.65. The van der Waals surface area contributed by atoms with Gasteiger partial charge in [-0.3, -0.25) is 4.79 Å². The molecule has 0 aromatic heterocycles. The summed E-state index contributed by atoms with van der Waals surface area (Å²) in [6.45, 7) is 6.32. The zero-order chi connectivity index (χ0) is 15.2. The Morgan fingerprint density at radius 3 is 2.00 bits per heavy atom. The van der Waals surface area contributed by atoms with Crippen LogP contribution in [0.1, 0.15) is 20.8 Å². The molecule has 0 spiro atoms. The molecule has 0 atom stereocenters. The predicted octanol–water partition coefficient (Wildman–Crippen LogP) is 1.76. The van der Waals surface area contributed by atoms with Crippen LogP contribution in [0.2, 0.25) is 0 Å². The lowest BCUT2D eigenvalue weighted by atomic mass is 10.0. The molecule has 0 fully saturated rings. The van der Waals surface area contributed by atoms with Gasteiger partial charge in [0.25, 0.3) is 0 Å². The summed E-state index contributed by atoms with van der Waals surface area (Å²) in [5.74, 6) is -0.105. The topological polar surface area (TPSA) is 82.3 Å². The number of nitrogens with one attached hydrogen (secondary N) is 4. The number of carbonyl (C=O) groups excluding carboxylic acids is 2. The molecule has 1 rings (SSSR count). The first-order chi connectivity index (χ1) is 9.39. The molecule has 3 amide bonds. The van der Waals surface area contributed by atoms with Gasteiger partial charge in [0, 0.05) is 18.4 Å². The molecule has 0 radical (unpaired) electrons. The number of likely N-dealkylation sites (N-methyl/N-ethyl adjacent to an activating group) is 1. The van der Waals surface area contributed by atoms with E-state index in [1.165, 1.54) is 0 Å². The molecule has 0 saturated carbocycles. The van der Waals surface area contributed by atoms with E-state index in [9.17, 15) is 9.59 Å². The van der Waals surface area contributed by atoms with Gasteiger partial charge in [-0.15, -0.1) is 0 Å². The normalized spacial score (nSPS) is 10.8. The molecule has 0 saturated heterocycles. The van der Waals surface area contributed by atoms with Crippen LogP contribution >= 0.6 is 0 Å². The van der Waals surface area contributed by atoms with Crippen LogP contribution in [0.15, 0.2) is 24.3 Å². The van der Waals surface area contributed by atoms with Gasteiger partial charge < -0.3 is 21.3 Å². The quantitative estimate of drug-likeness (QED) is 0.662. The Balaban J connectivity index is 2.66. The molecular formula is C14H22N4O2. The Morgan fingerprint density at radius 2 is 1.55 bits per heavy atom. The minimum absolute atomic E-state index is 0.105. The van der Waals surface area contributed by atoms with Gasteiger partial charge in [0.05, 0.1) is 5.54 Å². The van der Waals surface area contributed by atoms with Gasteiger partial charge in [0.15, 0.2) is 0 Å². The molecule has 20 heavy (non-hydrogen) atoms. The maximum atomic E-state index is 12.1. The molecule has 0 aliphatic heterocycles. The van der Waals surface area contributed by atoms with E-state index in [0.717, 1.165) is 6.54 Å². The highest BCUT2D eigenvalue weighted by Gasteiger charge is 2.25. The van der Waals surface area contributed by atoms with Crippen LogP contribution < -0.4 is 21.3 Å². The number of anilines is 2. The smallest absolute Gasteiger partial charge is 0.318 e. The van der Waals surface area contributed by atoms with E-state index in [-0.39, 0.29) is 11.9 Å². The second-order valence-electron chi connectivity index (χ2n) is 4.89. The zero-order valence-electron chi connectivity index (χ0n) is 12.3. The second-order valence-corrected chi connectivity index (χ2v) is 4.89. The number of benzene rings is 1. The Bertz CT molecular complexity index is 469. The van der Waals surface area contributed by atoms with Crippen molar-refractivity contribution in [2.75, 3.05) is 24.2 Å². The van der Waals surface area contributed by atoms with Crippen LogP contribution in [0.3, 0.4) is 0 Å². The summed E-state index contributed by atoms with van der Waals surface area (Å²) in [4.78, 5) is 23.2. The summed E-state index contributed by atoms with van der Waals surface area (Å²) in [5.41, 5.74) is 0.713. The van der Waals surface area contributed by atoms with Crippen molar-refractivity contribution in [3.05, 3.63) is 24.3 Å². The summed E-state index contributed by atoms with van der Waals surface area (Å²) in [5, 5.41) is 11.1. The number of hydrogen-bond donors (Lipinski definition) is 4. The van der Waals surface area contributed by atoms with E-state index in [4.69, 9.17) is 0 Å². The summed E-state index contributed by atoms with van der Waals surface area (Å²) in [7, 11) is 1.55. The monoisotopic (exact) mass is 278 g/mol. The first-order valence-corrected chi connectivity index (χ1v) is 6.54. The van der Waals surface area contributed by atoms with E-state index in [1.54, 1.807) is 31.3 Å². The van der Waals surface area contributed by atoms with Crippen LogP contribution in [0.25, 0.3) is 0 Å². The predicted molar refractivity (Wildman–Crippen MR) is 80.9 cm³/mol. The van der Waals surface area contributed by atoms with Crippen LogP contribution in [0.4, 0.5) is 16.2 Å². The fourth-order valence-electron chi connectivity index (χ4n) is 1.64. The van der Waals surface area contributed by atoms with Crippen molar-refractivity contribution in [3.63, 3.8) is 0 Å². The molecule has 0 heterocycles. The van der Waals surface area contributed by atoms with Crippen LogP contribution in [-0.2, 0) is 4.79 Å². The number of amides is 3. The third-order valence-corrected chi connectivity index (χ3v) is 2.81. The van der Waals surface area contributed by atoms with Gasteiger partial charge >= 0.3 is 6.03 Å². The average Bonchev–Trinajstić information content (AvgIpc) is 2.40. The van der Waals surface area contributed by atoms with Gasteiger partial charge in [-0.05, 0) is 44.7 Å². The third-order valence-electron chi connectivity index (χ3n) is 2.81. The van der Waals surface area contributed by atoms with E-state index in [0.29, 0.717) is 11.4 Å². The van der Waals surface area contributed by atoms with Crippen molar-refractivity contribution in [1.29, 1.82) is 0 Å². The number of urea groups is 1. The fraction of sp³-hybridized carbons (Fsp3) is 0.429. The SMILES string of the molecule is CCNC(C)(C)C(=O)Nc1ccc(NC(=O)NC)cc1. The Kier molecular flexibility index (Phi) is 5.52. The lowest BCUT2D eigenvalue weighted by molar-refractivity contribution is -0.121. The van der Waals surface area contributed by atoms with Crippen molar-refractivity contribution in [3.8, 4) is 0 Å². The number of rotatable bonds is 5. The highest BCUT2D eigenvalue weighted by molar-refractivity contribution is 5.97. The first kappa shape index (κ1) is 16.0. The molecule has 6 heteroatoms. The first-order valence-electron chi connectivity index (χ1n) is 6.54. The zero-order valence-corrected chi connectivity index (χ0v) is 12.3. The second kappa shape index (κ2) is 6.91. The van der Waals surface area contributed by atoms with Crippen molar-refractivity contribution < 1.29 is 9.59 Å². The van der Waals surface area contributed by atoms with E-state index in [1.807, 2.05) is 20.8 Å². The lowest BCUT2D eigenvalue weighted by Crippen LogP contribution is -2.49. The van der Waals surface area contributed by atoms with Gasteiger partial charge in [0.1, 0.15) is 0 Å². The van der Waals surface area contributed by atoms with E-state index < -0.39 is 5.54 Å². The van der Waals surface area contributed by atoms with Gasteiger partial charge in [-0.25, -0.2) is 4.79 Å². The minimum Gasteiger partial charge on any atom is -0.341 e. The molecule has 0 aliphatic carbocycles. The number of carbonyl (C=O) groups is 2. The van der Waals surface area contributed by atoms with E-state index in [2.05, 4.69) is 21.3 Å². The van der Waals surface area contributed by atoms with Crippen LogP contribution in [-0.4, -0.2) is 31.1 Å². The van der Waals surface area contributed by atoms with Gasteiger partial charge in [0.2, 0.25) is 5.91 Å². The number of hydrogen-bond acceptors (Lipinski definition) is 3. The molecule has 0 aliphatic rings. The lowest BCUT2D eigenvalue weighted by Gasteiger charge is -2.24. The van der Waals surface area contributed by atoms with Crippen molar-refractivity contribution in [2.24, 2.45) is 0 Å². The van der Waals surface area contributed by atoms with Gasteiger partial charge in [-0.2, -0.15) is 0 Å². The molecule has 0 unspecified atom stereocenters. The molecular weight excluding hydrogens is 256 g/mol. The third kappa shape index (κ3) is 4.55. The van der Waals surface area contributed by atoms with Gasteiger partial charge in [-0.1, -0.05) is 6.92 Å². The Labute approximate surface area is 119 Å². The van der Waals surface area contributed by atoms with Crippen molar-refractivity contribution in [2.45, 2.75) is 26.3 Å². The molecule has 1 aromatic carbocycles. The summed E-state index contributed by atoms with van der Waals surface area (Å²) in [6.07, 6.45) is 0. The van der Waals surface area contributed by atoms with Crippen LogP contribution in [0.5, 0.6) is 0 Å². The maximum absolute atomic E-state index is 12.1. The highest BCUT2D eigenvalue weighted by atomic mass is 16.2. The minimum atomic E-state index is -0.631. The maximum Gasteiger partial charge on any atom is 0.318 e. The standard InChI is InChI=1S/C14H22N4O2/c1-5-16-14(2,3)12(19)17-10-6-8-11(9-7-10)18-13(20)15-4/h6-9,16H,5H2,1-4H3,(H,17,19)(H2,15,18,20). The van der Waals surface area contributed by atoms with E-state index >= 15 is 0 Å². The molecule has 0 bridgehead atoms.